The molecule has 0 aliphatic heterocycles. The molecule has 2 aromatic heterocycles. The third kappa shape index (κ3) is 2.53. The largest absolute Gasteiger partial charge is 0.454 e. The van der Waals surface area contributed by atoms with Crippen LogP contribution in [0.2, 0.25) is 0 Å². The molecule has 2 saturated carbocycles. The highest BCUT2D eigenvalue weighted by Gasteiger charge is 2.36. The average Bonchev–Trinajstić information content (AvgIpc) is 3.44. The second-order valence-electron chi connectivity index (χ2n) is 5.67. The fourth-order valence-corrected chi connectivity index (χ4v) is 2.48. The van der Waals surface area contributed by atoms with Gasteiger partial charge in [-0.15, -0.1) is 10.2 Å². The van der Waals surface area contributed by atoms with Gasteiger partial charge in [0.25, 0.3) is 0 Å². The Hall–Kier alpha value is -2.24. The standard InChI is InChI=1S/C15H16N4O2/c20-15(11-2-1-7-16-8-11)21-9-13-17-18-14(10-3-4-10)19(13)12-5-6-12/h1-2,7-8,10,12H,3-6,9H2. The highest BCUT2D eigenvalue weighted by molar-refractivity contribution is 5.88. The van der Waals surface area contributed by atoms with Crippen molar-refractivity contribution in [2.45, 2.75) is 44.2 Å². The summed E-state index contributed by atoms with van der Waals surface area (Å²) in [5.41, 5.74) is 0.456. The van der Waals surface area contributed by atoms with Crippen molar-refractivity contribution >= 4 is 5.97 Å². The van der Waals surface area contributed by atoms with E-state index in [4.69, 9.17) is 4.74 Å². The summed E-state index contributed by atoms with van der Waals surface area (Å²) in [5.74, 6) is 2.02. The molecule has 0 amide bonds. The first-order valence-electron chi connectivity index (χ1n) is 7.34. The normalized spacial score (nSPS) is 17.7. The van der Waals surface area contributed by atoms with Gasteiger partial charge in [-0.05, 0) is 37.8 Å². The van der Waals surface area contributed by atoms with E-state index < -0.39 is 0 Å². The van der Waals surface area contributed by atoms with Crippen LogP contribution in [0.25, 0.3) is 0 Å². The Morgan fingerprint density at radius 3 is 2.81 bits per heavy atom. The van der Waals surface area contributed by atoms with Gasteiger partial charge >= 0.3 is 5.97 Å². The zero-order chi connectivity index (χ0) is 14.2. The van der Waals surface area contributed by atoms with Gasteiger partial charge in [0.15, 0.2) is 12.4 Å². The number of hydrogen-bond acceptors (Lipinski definition) is 5. The van der Waals surface area contributed by atoms with E-state index in [0.717, 1.165) is 11.6 Å². The van der Waals surface area contributed by atoms with Gasteiger partial charge in [0, 0.05) is 24.4 Å². The van der Waals surface area contributed by atoms with Gasteiger partial charge in [-0.2, -0.15) is 0 Å². The van der Waals surface area contributed by atoms with E-state index in [1.807, 2.05) is 0 Å². The molecule has 0 N–H and O–H groups in total. The lowest BCUT2D eigenvalue weighted by atomic mass is 10.3. The molecular weight excluding hydrogens is 268 g/mol. The van der Waals surface area contributed by atoms with Crippen molar-refractivity contribution in [3.8, 4) is 0 Å². The molecule has 6 heteroatoms. The summed E-state index contributed by atoms with van der Waals surface area (Å²) < 4.78 is 7.53. The Bertz CT molecular complexity index is 660. The molecule has 0 aromatic carbocycles. The molecule has 0 atom stereocenters. The van der Waals surface area contributed by atoms with Crippen molar-refractivity contribution in [3.63, 3.8) is 0 Å². The second kappa shape index (κ2) is 4.95. The van der Waals surface area contributed by atoms with Crippen molar-refractivity contribution in [3.05, 3.63) is 41.7 Å². The van der Waals surface area contributed by atoms with Crippen molar-refractivity contribution in [2.24, 2.45) is 0 Å². The molecule has 21 heavy (non-hydrogen) atoms. The molecule has 2 aromatic rings. The molecule has 4 rings (SSSR count). The van der Waals surface area contributed by atoms with E-state index in [9.17, 15) is 4.79 Å². The Labute approximate surface area is 122 Å². The predicted octanol–water partition coefficient (Wildman–Crippen LogP) is 2.24. The van der Waals surface area contributed by atoms with Gasteiger partial charge in [-0.3, -0.25) is 4.98 Å². The third-order valence-corrected chi connectivity index (χ3v) is 3.88. The van der Waals surface area contributed by atoms with E-state index in [1.165, 1.54) is 31.9 Å². The summed E-state index contributed by atoms with van der Waals surface area (Å²) in [4.78, 5) is 15.9. The summed E-state index contributed by atoms with van der Waals surface area (Å²) in [6, 6.07) is 3.91. The molecule has 0 radical (unpaired) electrons. The summed E-state index contributed by atoms with van der Waals surface area (Å²) in [7, 11) is 0. The average molecular weight is 284 g/mol. The highest BCUT2D eigenvalue weighted by atomic mass is 16.5. The van der Waals surface area contributed by atoms with Crippen molar-refractivity contribution < 1.29 is 9.53 Å². The number of esters is 1. The number of carbonyl (C=O) groups excluding carboxylic acids is 1. The fraction of sp³-hybridized carbons (Fsp3) is 0.467. The van der Waals surface area contributed by atoms with Crippen LogP contribution >= 0.6 is 0 Å². The molecule has 6 nitrogen and oxygen atoms in total. The van der Waals surface area contributed by atoms with E-state index in [-0.39, 0.29) is 12.6 Å². The quantitative estimate of drug-likeness (QED) is 0.787. The first-order valence-corrected chi connectivity index (χ1v) is 7.34. The topological polar surface area (TPSA) is 69.9 Å². The van der Waals surface area contributed by atoms with Crippen LogP contribution in [0.3, 0.4) is 0 Å². The lowest BCUT2D eigenvalue weighted by molar-refractivity contribution is 0.0456. The smallest absolute Gasteiger partial charge is 0.340 e. The molecule has 0 saturated heterocycles. The number of pyridine rings is 1. The van der Waals surface area contributed by atoms with E-state index in [0.29, 0.717) is 17.5 Å². The molecule has 2 aliphatic carbocycles. The Balaban J connectivity index is 1.49. The van der Waals surface area contributed by atoms with Gasteiger partial charge in [-0.1, -0.05) is 0 Å². The minimum absolute atomic E-state index is 0.171. The first kappa shape index (κ1) is 12.5. The van der Waals surface area contributed by atoms with Gasteiger partial charge in [0.05, 0.1) is 5.56 Å². The number of carbonyl (C=O) groups is 1. The minimum Gasteiger partial charge on any atom is -0.454 e. The lowest BCUT2D eigenvalue weighted by Crippen LogP contribution is -2.11. The highest BCUT2D eigenvalue weighted by Crippen LogP contribution is 2.44. The van der Waals surface area contributed by atoms with Crippen LogP contribution in [0.15, 0.2) is 24.5 Å². The molecule has 0 bridgehead atoms. The summed E-state index contributed by atoms with van der Waals surface area (Å²) in [5, 5.41) is 8.52. The number of nitrogens with zero attached hydrogens (tertiary/aromatic N) is 4. The fourth-order valence-electron chi connectivity index (χ4n) is 2.48. The zero-order valence-electron chi connectivity index (χ0n) is 11.6. The van der Waals surface area contributed by atoms with E-state index in [2.05, 4.69) is 19.7 Å². The van der Waals surface area contributed by atoms with E-state index >= 15 is 0 Å². The van der Waals surface area contributed by atoms with Crippen LogP contribution in [-0.4, -0.2) is 25.7 Å². The molecule has 0 unspecified atom stereocenters. The lowest BCUT2D eigenvalue weighted by Gasteiger charge is -2.09. The molecule has 0 spiro atoms. The summed E-state index contributed by atoms with van der Waals surface area (Å²) >= 11 is 0. The number of rotatable bonds is 5. The monoisotopic (exact) mass is 284 g/mol. The summed E-state index contributed by atoms with van der Waals surface area (Å²) in [6.07, 6.45) is 7.86. The predicted molar refractivity (Wildman–Crippen MR) is 73.6 cm³/mol. The second-order valence-corrected chi connectivity index (χ2v) is 5.67. The minimum atomic E-state index is -0.374. The third-order valence-electron chi connectivity index (χ3n) is 3.88. The van der Waals surface area contributed by atoms with Gasteiger partial charge in [0.1, 0.15) is 5.82 Å². The molecule has 2 aliphatic rings. The Morgan fingerprint density at radius 2 is 2.14 bits per heavy atom. The molecule has 2 heterocycles. The van der Waals surface area contributed by atoms with Crippen LogP contribution in [0.5, 0.6) is 0 Å². The maximum atomic E-state index is 11.9. The van der Waals surface area contributed by atoms with Crippen LogP contribution in [0.1, 0.15) is 59.6 Å². The first-order chi connectivity index (χ1) is 10.3. The molecular formula is C15H16N4O2. The number of hydrogen-bond donors (Lipinski definition) is 0. The molecule has 2 fully saturated rings. The maximum Gasteiger partial charge on any atom is 0.340 e. The van der Waals surface area contributed by atoms with Crippen LogP contribution in [0, 0.1) is 0 Å². The summed E-state index contributed by atoms with van der Waals surface area (Å²) in [6.45, 7) is 0.171. The zero-order valence-corrected chi connectivity index (χ0v) is 11.6. The van der Waals surface area contributed by atoms with Gasteiger partial charge < -0.3 is 9.30 Å². The van der Waals surface area contributed by atoms with E-state index in [1.54, 1.807) is 18.3 Å². The Morgan fingerprint density at radius 1 is 1.29 bits per heavy atom. The SMILES string of the molecule is O=C(OCc1nnc(C2CC2)n1C1CC1)c1cccnc1. The Kier molecular flexibility index (Phi) is 2.94. The number of ether oxygens (including phenoxy) is 1. The van der Waals surface area contributed by atoms with Crippen LogP contribution < -0.4 is 0 Å². The van der Waals surface area contributed by atoms with Crippen LogP contribution in [0.4, 0.5) is 0 Å². The maximum absolute atomic E-state index is 11.9. The van der Waals surface area contributed by atoms with Crippen molar-refractivity contribution in [2.75, 3.05) is 0 Å². The van der Waals surface area contributed by atoms with Crippen molar-refractivity contribution in [1.82, 2.24) is 19.7 Å². The van der Waals surface area contributed by atoms with Gasteiger partial charge in [0.2, 0.25) is 0 Å². The molecule has 108 valence electrons. The van der Waals surface area contributed by atoms with Gasteiger partial charge in [-0.25, -0.2) is 4.79 Å². The van der Waals surface area contributed by atoms with Crippen molar-refractivity contribution in [1.29, 1.82) is 0 Å². The van der Waals surface area contributed by atoms with Crippen LogP contribution in [-0.2, 0) is 11.3 Å². The number of aromatic nitrogens is 4.